The molecule has 0 unspecified atom stereocenters. The number of halogens is 2. The van der Waals surface area contributed by atoms with Crippen molar-refractivity contribution in [2.45, 2.75) is 25.0 Å². The summed E-state index contributed by atoms with van der Waals surface area (Å²) < 4.78 is 11.1. The Morgan fingerprint density at radius 1 is 1.25 bits per heavy atom. The van der Waals surface area contributed by atoms with Gasteiger partial charge in [-0.1, -0.05) is 35.0 Å². The lowest BCUT2D eigenvalue weighted by Gasteiger charge is -2.07. The highest BCUT2D eigenvalue weighted by Crippen LogP contribution is 2.27. The summed E-state index contributed by atoms with van der Waals surface area (Å²) in [5.41, 5.74) is 1.07. The Labute approximate surface area is 197 Å². The van der Waals surface area contributed by atoms with Gasteiger partial charge < -0.3 is 14.5 Å². The van der Waals surface area contributed by atoms with Crippen molar-refractivity contribution in [3.63, 3.8) is 0 Å². The molecule has 32 heavy (non-hydrogen) atoms. The van der Waals surface area contributed by atoms with Crippen LogP contribution in [0, 0.1) is 17.0 Å². The molecular weight excluding hydrogens is 479 g/mol. The smallest absolute Gasteiger partial charge is 0.277 e. The summed E-state index contributed by atoms with van der Waals surface area (Å²) >= 11 is 13.0. The zero-order chi connectivity index (χ0) is 23.1. The number of rotatable bonds is 10. The minimum atomic E-state index is -0.486. The van der Waals surface area contributed by atoms with Gasteiger partial charge in [0, 0.05) is 29.3 Å². The second-order valence-electron chi connectivity index (χ2n) is 6.58. The first-order valence-corrected chi connectivity index (χ1v) is 11.1. The molecule has 1 N–H and O–H groups in total. The summed E-state index contributed by atoms with van der Waals surface area (Å²) in [4.78, 5) is 22.5. The Hall–Kier alpha value is -2.82. The maximum atomic E-state index is 12.2. The quantitative estimate of drug-likeness (QED) is 0.173. The summed E-state index contributed by atoms with van der Waals surface area (Å²) in [5.74, 6) is 0.743. The molecule has 12 heteroatoms. The molecule has 0 saturated carbocycles. The van der Waals surface area contributed by atoms with Crippen LogP contribution in [0.2, 0.25) is 10.0 Å². The number of nitrogens with one attached hydrogen (secondary N) is 1. The zero-order valence-corrected chi connectivity index (χ0v) is 19.2. The van der Waals surface area contributed by atoms with Crippen LogP contribution in [0.1, 0.15) is 17.9 Å². The number of ether oxygens (including phenoxy) is 1. The molecule has 0 fully saturated rings. The molecule has 9 nitrogen and oxygen atoms in total. The number of aromatic nitrogens is 2. The van der Waals surface area contributed by atoms with Crippen LogP contribution >= 0.6 is 35.0 Å². The molecule has 0 spiro atoms. The molecule has 1 aromatic heterocycles. The lowest BCUT2D eigenvalue weighted by Crippen LogP contribution is -2.14. The lowest BCUT2D eigenvalue weighted by atomic mass is 10.2. The number of aryl methyl sites for hydroxylation is 2. The second-order valence-corrected chi connectivity index (χ2v) is 8.35. The van der Waals surface area contributed by atoms with Crippen molar-refractivity contribution in [3.05, 3.63) is 68.0 Å². The van der Waals surface area contributed by atoms with E-state index in [0.29, 0.717) is 52.4 Å². The SMILES string of the molecule is Cc1cc([N+](=O)[O-])ccc1NC(=O)CSc1nnc(CCCOc2ccc(Cl)cc2Cl)o1. The normalized spacial score (nSPS) is 10.7. The number of hydrogen-bond donors (Lipinski definition) is 1. The van der Waals surface area contributed by atoms with Gasteiger partial charge in [0.2, 0.25) is 11.8 Å². The van der Waals surface area contributed by atoms with Crippen molar-refractivity contribution in [2.24, 2.45) is 0 Å². The molecule has 0 saturated heterocycles. The number of amides is 1. The van der Waals surface area contributed by atoms with Gasteiger partial charge in [-0.3, -0.25) is 14.9 Å². The lowest BCUT2D eigenvalue weighted by molar-refractivity contribution is -0.384. The average molecular weight is 497 g/mol. The third-order valence-electron chi connectivity index (χ3n) is 4.16. The Bertz CT molecular complexity index is 1130. The van der Waals surface area contributed by atoms with Crippen molar-refractivity contribution >= 4 is 52.2 Å². The van der Waals surface area contributed by atoms with E-state index in [1.165, 1.54) is 18.2 Å². The molecule has 0 aliphatic carbocycles. The van der Waals surface area contributed by atoms with Gasteiger partial charge in [-0.25, -0.2) is 0 Å². The van der Waals surface area contributed by atoms with Crippen molar-refractivity contribution in [2.75, 3.05) is 17.7 Å². The first-order chi connectivity index (χ1) is 15.3. The van der Waals surface area contributed by atoms with Crippen molar-refractivity contribution in [1.82, 2.24) is 10.2 Å². The number of carbonyl (C=O) groups is 1. The van der Waals surface area contributed by atoms with Gasteiger partial charge in [0.1, 0.15) is 5.75 Å². The van der Waals surface area contributed by atoms with Crippen LogP contribution in [0.5, 0.6) is 5.75 Å². The van der Waals surface area contributed by atoms with Gasteiger partial charge in [0.25, 0.3) is 10.9 Å². The summed E-state index contributed by atoms with van der Waals surface area (Å²) in [6.07, 6.45) is 1.14. The van der Waals surface area contributed by atoms with Gasteiger partial charge >= 0.3 is 0 Å². The van der Waals surface area contributed by atoms with Gasteiger partial charge in [0.05, 0.1) is 22.3 Å². The van der Waals surface area contributed by atoms with Gasteiger partial charge in [-0.05, 0) is 43.2 Å². The summed E-state index contributed by atoms with van der Waals surface area (Å²) in [6, 6.07) is 9.25. The van der Waals surface area contributed by atoms with Crippen molar-refractivity contribution < 1.29 is 18.9 Å². The predicted molar refractivity (Wildman–Crippen MR) is 122 cm³/mol. The fraction of sp³-hybridized carbons (Fsp3) is 0.250. The Morgan fingerprint density at radius 2 is 2.06 bits per heavy atom. The van der Waals surface area contributed by atoms with E-state index < -0.39 is 4.92 Å². The molecule has 3 aromatic rings. The third kappa shape index (κ3) is 6.84. The minimum Gasteiger partial charge on any atom is -0.492 e. The molecule has 1 heterocycles. The molecule has 3 rings (SSSR count). The maximum absolute atomic E-state index is 12.2. The van der Waals surface area contributed by atoms with Gasteiger partial charge in [-0.2, -0.15) is 0 Å². The summed E-state index contributed by atoms with van der Waals surface area (Å²) in [5, 5.41) is 22.6. The van der Waals surface area contributed by atoms with Gasteiger partial charge in [0.15, 0.2) is 0 Å². The molecule has 1 amide bonds. The van der Waals surface area contributed by atoms with Gasteiger partial charge in [-0.15, -0.1) is 10.2 Å². The summed E-state index contributed by atoms with van der Waals surface area (Å²) in [6.45, 7) is 2.09. The van der Waals surface area contributed by atoms with E-state index in [1.54, 1.807) is 25.1 Å². The second kappa shape index (κ2) is 11.2. The first-order valence-electron chi connectivity index (χ1n) is 9.40. The Kier molecular flexibility index (Phi) is 8.32. The topological polar surface area (TPSA) is 120 Å². The molecule has 0 aliphatic rings. The molecule has 0 radical (unpaired) electrons. The van der Waals surface area contributed by atoms with E-state index in [9.17, 15) is 14.9 Å². The third-order valence-corrected chi connectivity index (χ3v) is 5.51. The highest BCUT2D eigenvalue weighted by Gasteiger charge is 2.13. The van der Waals surface area contributed by atoms with Crippen LogP contribution in [0.15, 0.2) is 46.0 Å². The number of nitro benzene ring substituents is 1. The van der Waals surface area contributed by atoms with E-state index in [1.807, 2.05) is 0 Å². The zero-order valence-electron chi connectivity index (χ0n) is 16.8. The molecular formula is C20H18Cl2N4O5S. The Morgan fingerprint density at radius 3 is 2.78 bits per heavy atom. The maximum Gasteiger partial charge on any atom is 0.277 e. The van der Waals surface area contributed by atoms with Crippen LogP contribution in [-0.4, -0.2) is 33.4 Å². The first kappa shape index (κ1) is 23.8. The number of carbonyl (C=O) groups excluding carboxylic acids is 1. The monoisotopic (exact) mass is 496 g/mol. The number of nitrogens with zero attached hydrogens (tertiary/aromatic N) is 3. The average Bonchev–Trinajstić information content (AvgIpc) is 3.20. The molecule has 168 valence electrons. The van der Waals surface area contributed by atoms with E-state index in [4.69, 9.17) is 32.4 Å². The van der Waals surface area contributed by atoms with Crippen LogP contribution < -0.4 is 10.1 Å². The van der Waals surface area contributed by atoms with Crippen LogP contribution in [0.4, 0.5) is 11.4 Å². The molecule has 0 atom stereocenters. The number of hydrogen-bond acceptors (Lipinski definition) is 8. The van der Waals surface area contributed by atoms with Crippen LogP contribution in [-0.2, 0) is 11.2 Å². The predicted octanol–water partition coefficient (Wildman–Crippen LogP) is 5.34. The minimum absolute atomic E-state index is 0.0325. The number of nitro groups is 1. The number of thioether (sulfide) groups is 1. The standard InChI is InChI=1S/C20H18Cl2N4O5S/c1-12-9-14(26(28)29)5-6-16(12)23-18(27)11-32-20-25-24-19(31-20)3-2-8-30-17-7-4-13(21)10-15(17)22/h4-7,9-10H,2-3,8,11H2,1H3,(H,23,27). The Balaban J connectivity index is 1.41. The molecule has 0 bridgehead atoms. The van der Waals surface area contributed by atoms with Crippen molar-refractivity contribution in [3.8, 4) is 5.75 Å². The van der Waals surface area contributed by atoms with E-state index in [-0.39, 0.29) is 22.6 Å². The fourth-order valence-corrected chi connectivity index (χ4v) is 3.65. The summed E-state index contributed by atoms with van der Waals surface area (Å²) in [7, 11) is 0. The molecule has 0 aliphatic heterocycles. The number of benzene rings is 2. The van der Waals surface area contributed by atoms with E-state index in [0.717, 1.165) is 11.8 Å². The number of anilines is 1. The van der Waals surface area contributed by atoms with Crippen LogP contribution in [0.3, 0.4) is 0 Å². The van der Waals surface area contributed by atoms with Crippen LogP contribution in [0.25, 0.3) is 0 Å². The highest BCUT2D eigenvalue weighted by atomic mass is 35.5. The largest absolute Gasteiger partial charge is 0.492 e. The van der Waals surface area contributed by atoms with E-state index >= 15 is 0 Å². The molecule has 2 aromatic carbocycles. The van der Waals surface area contributed by atoms with E-state index in [2.05, 4.69) is 15.5 Å². The van der Waals surface area contributed by atoms with Crippen molar-refractivity contribution in [1.29, 1.82) is 0 Å². The fourth-order valence-electron chi connectivity index (χ4n) is 2.61. The highest BCUT2D eigenvalue weighted by molar-refractivity contribution is 7.99. The number of non-ortho nitro benzene ring substituents is 1.